The molecule has 3 atom stereocenters. The summed E-state index contributed by atoms with van der Waals surface area (Å²) in [5, 5.41) is 7.52. The molecule has 3 heterocycles. The molecular weight excluding hydrogens is 647 g/mol. The number of ether oxygens (including phenoxy) is 2. The summed E-state index contributed by atoms with van der Waals surface area (Å²) in [7, 11) is 0. The van der Waals surface area contributed by atoms with Crippen LogP contribution in [0, 0.1) is 30.0 Å². The quantitative estimate of drug-likeness (QED) is 0.160. The van der Waals surface area contributed by atoms with Crippen molar-refractivity contribution < 1.29 is 23.5 Å². The Hall–Kier alpha value is -5.58. The molecule has 5 aromatic rings. The summed E-state index contributed by atoms with van der Waals surface area (Å²) in [6.45, 7) is 5.31. The van der Waals surface area contributed by atoms with Crippen LogP contribution in [-0.4, -0.2) is 51.0 Å². The first-order valence-electron chi connectivity index (χ1n) is 17.5. The van der Waals surface area contributed by atoms with Crippen molar-refractivity contribution in [2.45, 2.75) is 52.2 Å². The molecule has 2 N–H and O–H groups in total. The van der Waals surface area contributed by atoms with Crippen molar-refractivity contribution in [2.75, 3.05) is 23.7 Å². The van der Waals surface area contributed by atoms with Crippen LogP contribution in [0.5, 0.6) is 11.6 Å². The lowest BCUT2D eigenvalue weighted by molar-refractivity contribution is -0.117. The van der Waals surface area contributed by atoms with Gasteiger partial charge in [-0.1, -0.05) is 49.4 Å². The van der Waals surface area contributed by atoms with Crippen molar-refractivity contribution in [1.82, 2.24) is 19.9 Å². The molecule has 1 saturated heterocycles. The summed E-state index contributed by atoms with van der Waals surface area (Å²) < 4.78 is 27.3. The number of fused-ring (bicyclic) bond motifs is 1. The number of amides is 2. The molecule has 10 nitrogen and oxygen atoms in total. The number of pyridine rings is 1. The number of rotatable bonds is 9. The van der Waals surface area contributed by atoms with Gasteiger partial charge in [-0.3, -0.25) is 4.79 Å². The van der Waals surface area contributed by atoms with Crippen LogP contribution in [-0.2, 0) is 16.1 Å². The molecule has 2 aliphatic carbocycles. The minimum Gasteiger partial charge on any atom is -0.445 e. The number of carbonyl (C=O) groups excluding carboxylic acids is 2. The molecular formula is C40H39FN6O4. The smallest absolute Gasteiger partial charge is 0.410 e. The summed E-state index contributed by atoms with van der Waals surface area (Å²) in [5.74, 6) is 0.835. The summed E-state index contributed by atoms with van der Waals surface area (Å²) in [4.78, 5) is 41.6. The van der Waals surface area contributed by atoms with Gasteiger partial charge in [-0.15, -0.1) is 0 Å². The second-order valence-electron chi connectivity index (χ2n) is 14.2. The number of nitrogens with one attached hydrogen (secondary N) is 2. The van der Waals surface area contributed by atoms with E-state index in [1.807, 2.05) is 61.5 Å². The van der Waals surface area contributed by atoms with Crippen LogP contribution in [0.25, 0.3) is 22.0 Å². The lowest BCUT2D eigenvalue weighted by Crippen LogP contribution is -2.48. The molecule has 1 unspecified atom stereocenters. The molecule has 3 aliphatic rings. The Morgan fingerprint density at radius 1 is 0.961 bits per heavy atom. The molecule has 51 heavy (non-hydrogen) atoms. The maximum atomic E-state index is 15.2. The van der Waals surface area contributed by atoms with E-state index in [1.54, 1.807) is 29.4 Å². The Labute approximate surface area is 295 Å². The van der Waals surface area contributed by atoms with Gasteiger partial charge >= 0.3 is 6.09 Å². The number of likely N-dealkylation sites (tertiary alicyclic amines) is 1. The highest BCUT2D eigenvalue weighted by Crippen LogP contribution is 2.70. The number of hydrogen-bond acceptors (Lipinski definition) is 8. The Morgan fingerprint density at radius 3 is 2.59 bits per heavy atom. The van der Waals surface area contributed by atoms with E-state index in [2.05, 4.69) is 27.5 Å². The first-order valence-corrected chi connectivity index (χ1v) is 17.5. The number of benzene rings is 3. The largest absolute Gasteiger partial charge is 0.445 e. The lowest BCUT2D eigenvalue weighted by atomic mass is 9.96. The predicted molar refractivity (Wildman–Crippen MR) is 192 cm³/mol. The van der Waals surface area contributed by atoms with E-state index in [-0.39, 0.29) is 47.6 Å². The summed E-state index contributed by atoms with van der Waals surface area (Å²) in [6.07, 6.45) is 6.82. The number of carbonyl (C=O) groups is 2. The average Bonchev–Trinajstić information content (AvgIpc) is 4.07. The third kappa shape index (κ3) is 6.80. The van der Waals surface area contributed by atoms with Gasteiger partial charge in [-0.2, -0.15) is 0 Å². The van der Waals surface area contributed by atoms with Gasteiger partial charge in [-0.05, 0) is 85.4 Å². The fourth-order valence-corrected chi connectivity index (χ4v) is 7.31. The number of nitrogens with zero attached hydrogens (tertiary/aromatic N) is 4. The second kappa shape index (κ2) is 13.3. The van der Waals surface area contributed by atoms with Gasteiger partial charge in [0.15, 0.2) is 0 Å². The molecule has 3 aromatic carbocycles. The van der Waals surface area contributed by atoms with Gasteiger partial charge in [0.2, 0.25) is 17.7 Å². The number of hydrogen-bond donors (Lipinski definition) is 2. The van der Waals surface area contributed by atoms with Gasteiger partial charge in [-0.25, -0.2) is 24.1 Å². The monoisotopic (exact) mass is 686 g/mol. The number of halogens is 1. The zero-order valence-electron chi connectivity index (χ0n) is 28.6. The van der Waals surface area contributed by atoms with Crippen LogP contribution in [0.1, 0.15) is 43.7 Å². The Kier molecular flexibility index (Phi) is 8.49. The molecule has 1 spiro atoms. The van der Waals surface area contributed by atoms with Crippen LogP contribution in [0.3, 0.4) is 0 Å². The van der Waals surface area contributed by atoms with Gasteiger partial charge in [0, 0.05) is 48.2 Å². The van der Waals surface area contributed by atoms with E-state index < -0.39 is 5.82 Å². The molecule has 2 amide bonds. The van der Waals surface area contributed by atoms with Crippen molar-refractivity contribution >= 4 is 34.4 Å². The van der Waals surface area contributed by atoms with Crippen molar-refractivity contribution in [3.63, 3.8) is 0 Å². The van der Waals surface area contributed by atoms with Gasteiger partial charge < -0.3 is 25.0 Å². The van der Waals surface area contributed by atoms with Crippen molar-refractivity contribution in [2.24, 2.45) is 17.3 Å². The highest BCUT2D eigenvalue weighted by Gasteiger charge is 2.65. The molecule has 0 bridgehead atoms. The van der Waals surface area contributed by atoms with E-state index in [0.29, 0.717) is 52.7 Å². The highest BCUT2D eigenvalue weighted by molar-refractivity contribution is 6.06. The van der Waals surface area contributed by atoms with E-state index >= 15 is 4.39 Å². The number of aromatic nitrogens is 3. The third-order valence-electron chi connectivity index (χ3n) is 10.3. The maximum absolute atomic E-state index is 15.2. The average molecular weight is 687 g/mol. The topological polar surface area (TPSA) is 119 Å². The van der Waals surface area contributed by atoms with Crippen LogP contribution < -0.4 is 15.4 Å². The molecule has 260 valence electrons. The lowest BCUT2D eigenvalue weighted by Gasteiger charge is -2.36. The van der Waals surface area contributed by atoms with Crippen LogP contribution >= 0.6 is 0 Å². The molecule has 0 radical (unpaired) electrons. The Balaban J connectivity index is 1.00. The second-order valence-corrected chi connectivity index (χ2v) is 14.2. The van der Waals surface area contributed by atoms with Crippen molar-refractivity contribution in [1.29, 1.82) is 0 Å². The normalized spacial score (nSPS) is 20.1. The van der Waals surface area contributed by atoms with Gasteiger partial charge in [0.05, 0.1) is 16.9 Å². The minimum absolute atomic E-state index is 0.0430. The third-order valence-corrected chi connectivity index (χ3v) is 10.3. The molecule has 1 aliphatic heterocycles. The first kappa shape index (κ1) is 32.6. The summed E-state index contributed by atoms with van der Waals surface area (Å²) >= 11 is 0. The standard InChI is InChI=1S/C40H39FN6O4/c1-24-19-27(22-47(21-24)39(49)50-23-26-7-4-3-5-8-26)44-38-43-18-14-33(45-38)30-9-6-17-42-37(30)51-35-25(2)10-11-28-29(35)12-13-32(41)34(28)46-36(48)31-20-40(31)15-16-40/h3-14,17-18,24,27,31H,15-16,19-23H2,1-2H3,(H,46,48)(H,43,44,45)/t24-,27+,31?/m1/s1. The molecule has 11 heteroatoms. The first-order chi connectivity index (χ1) is 24.8. The SMILES string of the molecule is Cc1ccc2c(NC(=O)C3CC34CC4)c(F)ccc2c1Oc1ncccc1-c1ccnc(N[C@H]2C[C@@H](C)CN(C(=O)OCc3ccccc3)C2)n1. The van der Waals surface area contributed by atoms with Crippen molar-refractivity contribution in [3.8, 4) is 22.9 Å². The minimum atomic E-state index is -0.491. The molecule has 2 aromatic heterocycles. The van der Waals surface area contributed by atoms with Crippen LogP contribution in [0.15, 0.2) is 85.2 Å². The number of aryl methyl sites for hydroxylation is 1. The summed E-state index contributed by atoms with van der Waals surface area (Å²) in [5.41, 5.74) is 3.32. The zero-order chi connectivity index (χ0) is 35.1. The van der Waals surface area contributed by atoms with E-state index in [1.165, 1.54) is 6.07 Å². The predicted octanol–water partition coefficient (Wildman–Crippen LogP) is 8.13. The Morgan fingerprint density at radius 2 is 1.78 bits per heavy atom. The Bertz CT molecular complexity index is 2120. The molecule has 2 saturated carbocycles. The number of piperidine rings is 1. The molecule has 8 rings (SSSR count). The number of anilines is 2. The summed E-state index contributed by atoms with van der Waals surface area (Å²) in [6, 6.07) is 21.7. The van der Waals surface area contributed by atoms with E-state index in [9.17, 15) is 9.59 Å². The van der Waals surface area contributed by atoms with Crippen LogP contribution in [0.2, 0.25) is 0 Å². The fourth-order valence-electron chi connectivity index (χ4n) is 7.31. The fraction of sp³-hybridized carbons (Fsp3) is 0.325. The van der Waals surface area contributed by atoms with E-state index in [4.69, 9.17) is 14.5 Å². The van der Waals surface area contributed by atoms with Crippen LogP contribution in [0.4, 0.5) is 20.8 Å². The van der Waals surface area contributed by atoms with Gasteiger partial charge in [0.1, 0.15) is 18.2 Å². The van der Waals surface area contributed by atoms with Crippen molar-refractivity contribution in [3.05, 3.63) is 102 Å². The van der Waals surface area contributed by atoms with Gasteiger partial charge in [0.25, 0.3) is 0 Å². The molecule has 3 fully saturated rings. The van der Waals surface area contributed by atoms with E-state index in [0.717, 1.165) is 36.8 Å². The highest BCUT2D eigenvalue weighted by atomic mass is 19.1. The maximum Gasteiger partial charge on any atom is 0.410 e. The zero-order valence-corrected chi connectivity index (χ0v) is 28.6.